The molecule has 19 heavy (non-hydrogen) atoms. The Labute approximate surface area is 116 Å². The minimum atomic E-state index is 0.317. The third-order valence-electron chi connectivity index (χ3n) is 4.26. The molecule has 1 amide bonds. The van der Waals surface area contributed by atoms with Crippen LogP contribution < -0.4 is 5.32 Å². The molecule has 0 aromatic heterocycles. The van der Waals surface area contributed by atoms with E-state index in [1.54, 1.807) is 0 Å². The number of morpholine rings is 1. The molecule has 2 unspecified atom stereocenters. The Kier molecular flexibility index (Phi) is 5.60. The summed E-state index contributed by atoms with van der Waals surface area (Å²) in [5, 5.41) is 3.09. The molecule has 2 aliphatic heterocycles. The maximum Gasteiger partial charge on any atom is 0.222 e. The third kappa shape index (κ3) is 3.91. The lowest BCUT2D eigenvalue weighted by atomic mass is 10.0. The van der Waals surface area contributed by atoms with E-state index in [0.29, 0.717) is 24.3 Å². The molecule has 110 valence electrons. The summed E-state index contributed by atoms with van der Waals surface area (Å²) in [7, 11) is 1.93. The van der Waals surface area contributed by atoms with Crippen LogP contribution in [0.25, 0.3) is 0 Å². The van der Waals surface area contributed by atoms with Gasteiger partial charge in [-0.3, -0.25) is 9.69 Å². The predicted molar refractivity (Wildman–Crippen MR) is 75.1 cm³/mol. The van der Waals surface area contributed by atoms with Crippen LogP contribution in [0.4, 0.5) is 0 Å². The first-order valence-electron chi connectivity index (χ1n) is 7.46. The Balaban J connectivity index is 1.80. The zero-order chi connectivity index (χ0) is 13.7. The summed E-state index contributed by atoms with van der Waals surface area (Å²) in [5.74, 6) is 0.893. The van der Waals surface area contributed by atoms with Crippen molar-refractivity contribution in [2.24, 2.45) is 5.92 Å². The average molecular weight is 269 g/mol. The van der Waals surface area contributed by atoms with Gasteiger partial charge in [0.15, 0.2) is 0 Å². The Morgan fingerprint density at radius 2 is 2.05 bits per heavy atom. The van der Waals surface area contributed by atoms with Gasteiger partial charge in [0.25, 0.3) is 0 Å². The SMILES string of the molecule is CNCCCC(=O)N1CC(C)C(N2CCOCC2)C1. The molecule has 1 N–H and O–H groups in total. The summed E-state index contributed by atoms with van der Waals surface area (Å²) in [5.41, 5.74) is 0. The van der Waals surface area contributed by atoms with Crippen molar-refractivity contribution in [1.29, 1.82) is 0 Å². The van der Waals surface area contributed by atoms with Gasteiger partial charge in [-0.2, -0.15) is 0 Å². The van der Waals surface area contributed by atoms with Crippen LogP contribution in [0.1, 0.15) is 19.8 Å². The molecule has 0 radical (unpaired) electrons. The molecular weight excluding hydrogens is 242 g/mol. The van der Waals surface area contributed by atoms with Gasteiger partial charge in [0, 0.05) is 38.6 Å². The molecule has 0 aromatic carbocycles. The van der Waals surface area contributed by atoms with Crippen LogP contribution in [0, 0.1) is 5.92 Å². The molecule has 0 aliphatic carbocycles. The van der Waals surface area contributed by atoms with Crippen molar-refractivity contribution in [1.82, 2.24) is 15.1 Å². The number of hydrogen-bond donors (Lipinski definition) is 1. The van der Waals surface area contributed by atoms with Gasteiger partial charge in [-0.25, -0.2) is 0 Å². The van der Waals surface area contributed by atoms with Crippen LogP contribution in [-0.2, 0) is 9.53 Å². The summed E-state index contributed by atoms with van der Waals surface area (Å²) in [6, 6.07) is 0.525. The fraction of sp³-hybridized carbons (Fsp3) is 0.929. The Morgan fingerprint density at radius 1 is 1.32 bits per heavy atom. The monoisotopic (exact) mass is 269 g/mol. The first-order chi connectivity index (χ1) is 9.22. The highest BCUT2D eigenvalue weighted by Crippen LogP contribution is 2.23. The Bertz CT molecular complexity index is 292. The van der Waals surface area contributed by atoms with Crippen LogP contribution in [0.15, 0.2) is 0 Å². The Morgan fingerprint density at radius 3 is 2.74 bits per heavy atom. The summed E-state index contributed by atoms with van der Waals surface area (Å²) in [4.78, 5) is 16.7. The van der Waals surface area contributed by atoms with Crippen molar-refractivity contribution in [2.75, 3.05) is 53.0 Å². The fourth-order valence-corrected chi connectivity index (χ4v) is 3.11. The smallest absolute Gasteiger partial charge is 0.222 e. The Hall–Kier alpha value is -0.650. The van der Waals surface area contributed by atoms with E-state index in [1.807, 2.05) is 7.05 Å². The van der Waals surface area contributed by atoms with E-state index in [1.165, 1.54) is 0 Å². The van der Waals surface area contributed by atoms with Crippen LogP contribution in [0.3, 0.4) is 0 Å². The molecule has 2 aliphatic rings. The topological polar surface area (TPSA) is 44.8 Å². The molecule has 2 fully saturated rings. The summed E-state index contributed by atoms with van der Waals surface area (Å²) >= 11 is 0. The van der Waals surface area contributed by atoms with E-state index >= 15 is 0 Å². The first kappa shape index (κ1) is 14.8. The van der Waals surface area contributed by atoms with Crippen LogP contribution in [0.5, 0.6) is 0 Å². The van der Waals surface area contributed by atoms with E-state index < -0.39 is 0 Å². The van der Waals surface area contributed by atoms with E-state index in [-0.39, 0.29) is 0 Å². The lowest BCUT2D eigenvalue weighted by molar-refractivity contribution is -0.130. The zero-order valence-electron chi connectivity index (χ0n) is 12.2. The highest BCUT2D eigenvalue weighted by Gasteiger charge is 2.36. The number of ether oxygens (including phenoxy) is 1. The van der Waals surface area contributed by atoms with Crippen molar-refractivity contribution < 1.29 is 9.53 Å². The molecule has 0 bridgehead atoms. The lowest BCUT2D eigenvalue weighted by Gasteiger charge is -2.34. The molecule has 5 heteroatoms. The molecule has 0 aromatic rings. The molecule has 2 rings (SSSR count). The highest BCUT2D eigenvalue weighted by molar-refractivity contribution is 5.76. The van der Waals surface area contributed by atoms with Crippen molar-refractivity contribution in [3.8, 4) is 0 Å². The largest absolute Gasteiger partial charge is 0.379 e. The van der Waals surface area contributed by atoms with Crippen LogP contribution >= 0.6 is 0 Å². The van der Waals surface area contributed by atoms with Gasteiger partial charge in [-0.05, 0) is 25.9 Å². The number of likely N-dealkylation sites (tertiary alicyclic amines) is 1. The molecular formula is C14H27N3O2. The minimum absolute atomic E-state index is 0.317. The van der Waals surface area contributed by atoms with Crippen molar-refractivity contribution in [3.63, 3.8) is 0 Å². The predicted octanol–water partition coefficient (Wildman–Crippen LogP) is 0.165. The number of nitrogens with one attached hydrogen (secondary N) is 1. The van der Waals surface area contributed by atoms with E-state index in [9.17, 15) is 4.79 Å². The number of hydrogen-bond acceptors (Lipinski definition) is 4. The third-order valence-corrected chi connectivity index (χ3v) is 4.26. The zero-order valence-corrected chi connectivity index (χ0v) is 12.2. The number of nitrogens with zero attached hydrogens (tertiary/aromatic N) is 2. The van der Waals surface area contributed by atoms with Crippen molar-refractivity contribution >= 4 is 5.91 Å². The van der Waals surface area contributed by atoms with Crippen LogP contribution in [-0.4, -0.2) is 74.7 Å². The van der Waals surface area contributed by atoms with Crippen molar-refractivity contribution in [2.45, 2.75) is 25.8 Å². The van der Waals surface area contributed by atoms with Gasteiger partial charge >= 0.3 is 0 Å². The summed E-state index contributed by atoms with van der Waals surface area (Å²) < 4.78 is 5.41. The molecule has 2 atom stereocenters. The summed E-state index contributed by atoms with van der Waals surface area (Å²) in [6.07, 6.45) is 1.60. The quantitative estimate of drug-likeness (QED) is 0.723. The average Bonchev–Trinajstić information content (AvgIpc) is 2.82. The first-order valence-corrected chi connectivity index (χ1v) is 7.46. The highest BCUT2D eigenvalue weighted by atomic mass is 16.5. The number of carbonyl (C=O) groups excluding carboxylic acids is 1. The maximum atomic E-state index is 12.1. The van der Waals surface area contributed by atoms with Crippen molar-refractivity contribution in [3.05, 3.63) is 0 Å². The standard InChI is InChI=1S/C14H27N3O2/c1-12-10-17(14(18)4-3-5-15-2)11-13(12)16-6-8-19-9-7-16/h12-13,15H,3-11H2,1-2H3. The van der Waals surface area contributed by atoms with Gasteiger partial charge in [0.2, 0.25) is 5.91 Å². The lowest BCUT2D eigenvalue weighted by Crippen LogP contribution is -2.47. The molecule has 0 spiro atoms. The molecule has 5 nitrogen and oxygen atoms in total. The molecule has 2 heterocycles. The van der Waals surface area contributed by atoms with Gasteiger partial charge in [-0.15, -0.1) is 0 Å². The van der Waals surface area contributed by atoms with Crippen LogP contribution in [0.2, 0.25) is 0 Å². The second-order valence-corrected chi connectivity index (χ2v) is 5.70. The minimum Gasteiger partial charge on any atom is -0.379 e. The van der Waals surface area contributed by atoms with E-state index in [4.69, 9.17) is 4.74 Å². The molecule has 2 saturated heterocycles. The maximum absolute atomic E-state index is 12.1. The molecule has 0 saturated carbocycles. The van der Waals surface area contributed by atoms with Gasteiger partial charge < -0.3 is 15.0 Å². The second-order valence-electron chi connectivity index (χ2n) is 5.70. The second kappa shape index (κ2) is 7.22. The number of carbonyl (C=O) groups is 1. The van der Waals surface area contributed by atoms with Gasteiger partial charge in [0.05, 0.1) is 13.2 Å². The van der Waals surface area contributed by atoms with E-state index in [0.717, 1.165) is 52.4 Å². The van der Waals surface area contributed by atoms with Gasteiger partial charge in [-0.1, -0.05) is 6.92 Å². The van der Waals surface area contributed by atoms with Gasteiger partial charge in [0.1, 0.15) is 0 Å². The summed E-state index contributed by atoms with van der Waals surface area (Å²) in [6.45, 7) is 8.69. The number of amides is 1. The van der Waals surface area contributed by atoms with E-state index in [2.05, 4.69) is 22.0 Å². The normalized spacial score (nSPS) is 28.8. The number of rotatable bonds is 5. The fourth-order valence-electron chi connectivity index (χ4n) is 3.11.